The highest BCUT2D eigenvalue weighted by Crippen LogP contribution is 2.36. The maximum atomic E-state index is 12.0. The van der Waals surface area contributed by atoms with Crippen molar-refractivity contribution in [2.45, 2.75) is 70.7 Å². The first-order valence-electron chi connectivity index (χ1n) is 11.0. The fourth-order valence-corrected chi connectivity index (χ4v) is 3.83. The lowest BCUT2D eigenvalue weighted by atomic mass is 9.81. The molecule has 3 heterocycles. The van der Waals surface area contributed by atoms with Crippen LogP contribution in [0.2, 0.25) is 0 Å². The summed E-state index contributed by atoms with van der Waals surface area (Å²) >= 11 is 0. The third-order valence-electron chi connectivity index (χ3n) is 6.45. The van der Waals surface area contributed by atoms with Gasteiger partial charge in [-0.2, -0.15) is 0 Å². The average molecular weight is 435 g/mol. The van der Waals surface area contributed by atoms with Gasteiger partial charge < -0.3 is 29.2 Å². The molecule has 0 aliphatic carbocycles. The molecule has 2 N–H and O–H groups in total. The third-order valence-corrected chi connectivity index (χ3v) is 6.45. The maximum absolute atomic E-state index is 12.0. The molecular weight excluding hydrogens is 401 g/mol. The number of hydrogen-bond donors (Lipinski definition) is 2. The Bertz CT molecular complexity index is 729. The Morgan fingerprint density at radius 1 is 1.29 bits per heavy atom. The van der Waals surface area contributed by atoms with E-state index in [1.807, 2.05) is 27.7 Å². The number of rotatable bonds is 8. The number of aliphatic hydroxyl groups is 2. The van der Waals surface area contributed by atoms with Gasteiger partial charge >= 0.3 is 13.1 Å². The van der Waals surface area contributed by atoms with E-state index < -0.39 is 31.0 Å². The molecule has 0 spiro atoms. The van der Waals surface area contributed by atoms with Gasteiger partial charge in [0.25, 0.3) is 5.91 Å². The van der Waals surface area contributed by atoms with Crippen LogP contribution in [0.4, 0.5) is 0 Å². The monoisotopic (exact) mass is 435 g/mol. The quantitative estimate of drug-likeness (QED) is 0.449. The van der Waals surface area contributed by atoms with Crippen molar-refractivity contribution >= 4 is 18.5 Å². The van der Waals surface area contributed by atoms with Crippen molar-refractivity contribution in [3.63, 3.8) is 0 Å². The first-order valence-corrected chi connectivity index (χ1v) is 11.0. The van der Waals surface area contributed by atoms with E-state index >= 15 is 0 Å². The minimum Gasteiger partial charge on any atom is -0.463 e. The molecular formula is C21H34BN3O6. The normalized spacial score (nSPS) is 23.6. The number of ether oxygens (including phenoxy) is 1. The summed E-state index contributed by atoms with van der Waals surface area (Å²) in [5, 5.41) is 18.5. The average Bonchev–Trinajstić information content (AvgIpc) is 2.97. The molecule has 2 fully saturated rings. The Balaban J connectivity index is 1.41. The molecule has 0 unspecified atom stereocenters. The van der Waals surface area contributed by atoms with E-state index in [9.17, 15) is 9.90 Å². The van der Waals surface area contributed by atoms with Crippen LogP contribution in [-0.4, -0.2) is 81.7 Å². The lowest BCUT2D eigenvalue weighted by Gasteiger charge is -2.33. The predicted octanol–water partition coefficient (Wildman–Crippen LogP) is 0.527. The Labute approximate surface area is 184 Å². The molecule has 2 atom stereocenters. The van der Waals surface area contributed by atoms with Gasteiger partial charge in [-0.05, 0) is 59.3 Å². The van der Waals surface area contributed by atoms with E-state index in [4.69, 9.17) is 19.2 Å². The molecule has 0 saturated carbocycles. The standard InChI is InChI=1S/C21H34BN3O6/c1-20(2)21(3,4)31-22(30-20)16-11-23-19(24-12-16)29-10-6-8-15-7-5-9-25(13-15)18(28)17(27)14-26/h11-12,15,17,26-27H,5-10,13-14H2,1-4H3/t15-,17-/m0/s1. The van der Waals surface area contributed by atoms with Gasteiger partial charge in [0, 0.05) is 30.9 Å². The summed E-state index contributed by atoms with van der Waals surface area (Å²) in [7, 11) is -0.500. The van der Waals surface area contributed by atoms with Crippen LogP contribution >= 0.6 is 0 Å². The van der Waals surface area contributed by atoms with E-state index in [0.717, 1.165) is 31.1 Å². The van der Waals surface area contributed by atoms with Crippen LogP contribution in [0.15, 0.2) is 12.4 Å². The smallest absolute Gasteiger partial charge is 0.463 e. The van der Waals surface area contributed by atoms with E-state index in [2.05, 4.69) is 9.97 Å². The molecule has 31 heavy (non-hydrogen) atoms. The summed E-state index contributed by atoms with van der Waals surface area (Å²) in [6.07, 6.45) is 5.68. The highest BCUT2D eigenvalue weighted by atomic mass is 16.7. The minimum atomic E-state index is -1.32. The summed E-state index contributed by atoms with van der Waals surface area (Å²) < 4.78 is 17.7. The summed E-state index contributed by atoms with van der Waals surface area (Å²) in [5.74, 6) is -0.0298. The lowest BCUT2D eigenvalue weighted by Crippen LogP contribution is -2.46. The summed E-state index contributed by atoms with van der Waals surface area (Å²) in [5.41, 5.74) is -0.0759. The van der Waals surface area contributed by atoms with Gasteiger partial charge in [-0.1, -0.05) is 0 Å². The number of aromatic nitrogens is 2. The van der Waals surface area contributed by atoms with Crippen molar-refractivity contribution in [1.29, 1.82) is 0 Å². The van der Waals surface area contributed by atoms with E-state index in [1.165, 1.54) is 0 Å². The van der Waals surface area contributed by atoms with Crippen molar-refractivity contribution in [1.82, 2.24) is 14.9 Å². The van der Waals surface area contributed by atoms with Crippen molar-refractivity contribution in [3.8, 4) is 6.01 Å². The van der Waals surface area contributed by atoms with Gasteiger partial charge in [0.1, 0.15) is 0 Å². The molecule has 0 bridgehead atoms. The van der Waals surface area contributed by atoms with Crippen LogP contribution in [0.1, 0.15) is 53.4 Å². The number of amides is 1. The highest BCUT2D eigenvalue weighted by Gasteiger charge is 2.52. The van der Waals surface area contributed by atoms with Crippen LogP contribution in [0.3, 0.4) is 0 Å². The van der Waals surface area contributed by atoms with Crippen molar-refractivity contribution in [2.75, 3.05) is 26.3 Å². The fraction of sp³-hybridized carbons (Fsp3) is 0.762. The second-order valence-electron chi connectivity index (χ2n) is 9.37. The van der Waals surface area contributed by atoms with Gasteiger partial charge in [-0.15, -0.1) is 0 Å². The van der Waals surface area contributed by atoms with Gasteiger partial charge in [0.2, 0.25) is 0 Å². The van der Waals surface area contributed by atoms with Crippen LogP contribution in [-0.2, 0) is 14.1 Å². The van der Waals surface area contributed by atoms with Crippen molar-refractivity contribution in [2.24, 2.45) is 5.92 Å². The van der Waals surface area contributed by atoms with Gasteiger partial charge in [0.15, 0.2) is 6.10 Å². The summed E-state index contributed by atoms with van der Waals surface area (Å²) in [4.78, 5) is 22.2. The van der Waals surface area contributed by atoms with Crippen molar-refractivity contribution in [3.05, 3.63) is 12.4 Å². The topological polar surface area (TPSA) is 114 Å². The van der Waals surface area contributed by atoms with Crippen LogP contribution < -0.4 is 10.2 Å². The second-order valence-corrected chi connectivity index (χ2v) is 9.37. The third kappa shape index (κ3) is 5.74. The number of carbonyl (C=O) groups excluding carboxylic acids is 1. The zero-order chi connectivity index (χ0) is 22.6. The van der Waals surface area contributed by atoms with E-state index in [-0.39, 0.29) is 5.91 Å². The molecule has 0 radical (unpaired) electrons. The summed E-state index contributed by atoms with van der Waals surface area (Å²) in [6.45, 7) is 9.19. The SMILES string of the molecule is CC1(C)OB(c2cnc(OCCC[C@@H]3CCCN(C(=O)[C@@H](O)CO)C3)nc2)OC1(C)C. The van der Waals surface area contributed by atoms with Gasteiger partial charge in [-0.3, -0.25) is 4.79 Å². The fourth-order valence-electron chi connectivity index (χ4n) is 3.83. The van der Waals surface area contributed by atoms with Crippen LogP contribution in [0.25, 0.3) is 0 Å². The molecule has 1 aromatic rings. The lowest BCUT2D eigenvalue weighted by molar-refractivity contribution is -0.144. The molecule has 1 amide bonds. The molecule has 2 aliphatic heterocycles. The first-order chi connectivity index (χ1) is 14.6. The number of hydrogen-bond acceptors (Lipinski definition) is 8. The maximum Gasteiger partial charge on any atom is 0.498 e. The first kappa shape index (κ1) is 23.9. The number of piperidine rings is 1. The van der Waals surface area contributed by atoms with Crippen molar-refractivity contribution < 1.29 is 29.1 Å². The molecule has 10 heteroatoms. The molecule has 0 aromatic carbocycles. The summed E-state index contributed by atoms with van der Waals surface area (Å²) in [6, 6.07) is 0.312. The Hall–Kier alpha value is -1.75. The molecule has 3 rings (SSSR count). The molecule has 2 aliphatic rings. The molecule has 172 valence electrons. The van der Waals surface area contributed by atoms with Crippen LogP contribution in [0.5, 0.6) is 6.01 Å². The zero-order valence-corrected chi connectivity index (χ0v) is 18.9. The van der Waals surface area contributed by atoms with Crippen LogP contribution in [0, 0.1) is 5.92 Å². The number of aliphatic hydroxyl groups excluding tert-OH is 2. The van der Waals surface area contributed by atoms with E-state index in [0.29, 0.717) is 31.6 Å². The number of nitrogens with zero attached hydrogens (tertiary/aromatic N) is 3. The Morgan fingerprint density at radius 3 is 2.55 bits per heavy atom. The molecule has 1 aromatic heterocycles. The second kappa shape index (κ2) is 9.81. The zero-order valence-electron chi connectivity index (χ0n) is 18.9. The molecule has 2 saturated heterocycles. The van der Waals surface area contributed by atoms with Gasteiger partial charge in [-0.25, -0.2) is 9.97 Å². The Morgan fingerprint density at radius 2 is 1.94 bits per heavy atom. The highest BCUT2D eigenvalue weighted by molar-refractivity contribution is 6.61. The minimum absolute atomic E-state index is 0.312. The number of likely N-dealkylation sites (tertiary alicyclic amines) is 1. The van der Waals surface area contributed by atoms with Gasteiger partial charge in [0.05, 0.1) is 24.4 Å². The number of carbonyl (C=O) groups is 1. The van der Waals surface area contributed by atoms with E-state index in [1.54, 1.807) is 17.3 Å². The molecule has 9 nitrogen and oxygen atoms in total. The predicted molar refractivity (Wildman–Crippen MR) is 115 cm³/mol. The largest absolute Gasteiger partial charge is 0.498 e. The Kier molecular flexibility index (Phi) is 7.57.